The van der Waals surface area contributed by atoms with Crippen molar-refractivity contribution in [3.05, 3.63) is 23.8 Å². The summed E-state index contributed by atoms with van der Waals surface area (Å²) in [4.78, 5) is 4.87. The number of unbranched alkanes of at least 4 members (excludes halogenated alkanes) is 5. The molecule has 0 aromatic heterocycles. The molecule has 2 N–H and O–H groups in total. The lowest BCUT2D eigenvalue weighted by molar-refractivity contribution is 0.212. The van der Waals surface area contributed by atoms with Gasteiger partial charge in [0.15, 0.2) is 11.5 Å². The number of hydrogen-bond acceptors (Lipinski definition) is 4. The Labute approximate surface area is 121 Å². The topological polar surface area (TPSA) is 62.0 Å². The molecule has 0 aliphatic heterocycles. The predicted molar refractivity (Wildman–Crippen MR) is 81.3 cm³/mol. The smallest absolute Gasteiger partial charge is 0.158 e. The summed E-state index contributed by atoms with van der Waals surface area (Å²) in [6.07, 6.45) is 8.11. The molecule has 0 aliphatic rings. The first-order valence-electron chi connectivity index (χ1n) is 7.31. The molecule has 112 valence electrons. The largest absolute Gasteiger partial charge is 0.504 e. The van der Waals surface area contributed by atoms with Gasteiger partial charge in [0.25, 0.3) is 0 Å². The second kappa shape index (κ2) is 9.23. The molecule has 0 saturated carbocycles. The summed E-state index contributed by atoms with van der Waals surface area (Å²) in [5, 5.41) is 22.9. The van der Waals surface area contributed by atoms with Gasteiger partial charge in [-0.25, -0.2) is 0 Å². The van der Waals surface area contributed by atoms with Gasteiger partial charge < -0.3 is 15.1 Å². The molecular formula is C16H25NO3. The Morgan fingerprint density at radius 1 is 1.05 bits per heavy atom. The number of rotatable bonds is 9. The van der Waals surface area contributed by atoms with Crippen LogP contribution in [0, 0.1) is 0 Å². The van der Waals surface area contributed by atoms with Crippen LogP contribution in [0.25, 0.3) is 0 Å². The van der Waals surface area contributed by atoms with E-state index in [1.807, 2.05) is 0 Å². The first-order valence-corrected chi connectivity index (χ1v) is 7.31. The zero-order valence-corrected chi connectivity index (χ0v) is 12.4. The minimum atomic E-state index is -0.130. The quantitative estimate of drug-likeness (QED) is 0.308. The second-order valence-corrected chi connectivity index (χ2v) is 4.94. The maximum absolute atomic E-state index is 9.54. The van der Waals surface area contributed by atoms with Gasteiger partial charge in [0, 0.05) is 5.56 Å². The average Bonchev–Trinajstić information content (AvgIpc) is 2.44. The molecule has 1 aromatic carbocycles. The molecule has 4 heteroatoms. The third-order valence-corrected chi connectivity index (χ3v) is 3.28. The van der Waals surface area contributed by atoms with Gasteiger partial charge in [-0.3, -0.25) is 0 Å². The van der Waals surface area contributed by atoms with Crippen LogP contribution in [0.3, 0.4) is 0 Å². The fourth-order valence-electron chi connectivity index (χ4n) is 2.13. The minimum Gasteiger partial charge on any atom is -0.504 e. The molecule has 4 nitrogen and oxygen atoms in total. The van der Waals surface area contributed by atoms with Gasteiger partial charge >= 0.3 is 0 Å². The summed E-state index contributed by atoms with van der Waals surface area (Å²) in [7, 11) is 1.52. The predicted octanol–water partition coefficient (Wildman–Crippen LogP) is 4.20. The lowest BCUT2D eigenvalue weighted by atomic mass is 10.0. The van der Waals surface area contributed by atoms with Crippen LogP contribution in [0.5, 0.6) is 11.5 Å². The van der Waals surface area contributed by atoms with Crippen LogP contribution in [0.15, 0.2) is 23.4 Å². The van der Waals surface area contributed by atoms with Crippen LogP contribution < -0.4 is 0 Å². The van der Waals surface area contributed by atoms with Gasteiger partial charge in [-0.15, -0.1) is 0 Å². The molecule has 1 aromatic rings. The zero-order valence-electron chi connectivity index (χ0n) is 12.4. The van der Waals surface area contributed by atoms with Gasteiger partial charge in [0.05, 0.1) is 5.71 Å². The highest BCUT2D eigenvalue weighted by Crippen LogP contribution is 2.26. The lowest BCUT2D eigenvalue weighted by Gasteiger charge is -2.07. The van der Waals surface area contributed by atoms with Crippen molar-refractivity contribution in [3.63, 3.8) is 0 Å². The van der Waals surface area contributed by atoms with E-state index >= 15 is 0 Å². The monoisotopic (exact) mass is 279 g/mol. The Bertz CT molecular complexity index is 430. The van der Waals surface area contributed by atoms with E-state index in [9.17, 15) is 10.2 Å². The maximum atomic E-state index is 9.54. The molecule has 0 radical (unpaired) electrons. The Balaban J connectivity index is 2.52. The molecule has 0 spiro atoms. The molecule has 0 bridgehead atoms. The van der Waals surface area contributed by atoms with E-state index in [2.05, 4.69) is 12.1 Å². The van der Waals surface area contributed by atoms with Crippen molar-refractivity contribution in [3.8, 4) is 11.5 Å². The van der Waals surface area contributed by atoms with Crippen molar-refractivity contribution in [1.82, 2.24) is 0 Å². The van der Waals surface area contributed by atoms with E-state index in [0.29, 0.717) is 0 Å². The molecule has 0 heterocycles. The van der Waals surface area contributed by atoms with Gasteiger partial charge in [0.1, 0.15) is 7.11 Å². The first-order chi connectivity index (χ1) is 9.69. The number of oxime groups is 1. The van der Waals surface area contributed by atoms with Crippen molar-refractivity contribution in [2.45, 2.75) is 51.9 Å². The summed E-state index contributed by atoms with van der Waals surface area (Å²) in [6.45, 7) is 2.21. The van der Waals surface area contributed by atoms with Crippen molar-refractivity contribution in [2.24, 2.45) is 5.16 Å². The summed E-state index contributed by atoms with van der Waals surface area (Å²) in [6, 6.07) is 4.73. The fourth-order valence-corrected chi connectivity index (χ4v) is 2.13. The zero-order chi connectivity index (χ0) is 14.8. The highest BCUT2D eigenvalue weighted by molar-refractivity contribution is 6.00. The standard InChI is InChI=1S/C16H25NO3/c1-3-4-5-6-7-8-9-14(17-20-2)13-10-11-15(18)16(19)12-13/h10-12,18-19H,3-9H2,1-2H3/b17-14-. The van der Waals surface area contributed by atoms with Crippen molar-refractivity contribution >= 4 is 5.71 Å². The molecular weight excluding hydrogens is 254 g/mol. The summed E-state index contributed by atoms with van der Waals surface area (Å²) in [5.41, 5.74) is 1.59. The highest BCUT2D eigenvalue weighted by atomic mass is 16.6. The third kappa shape index (κ3) is 5.51. The van der Waals surface area contributed by atoms with E-state index in [0.717, 1.165) is 24.1 Å². The number of hydrogen-bond donors (Lipinski definition) is 2. The number of aromatic hydroxyl groups is 2. The number of nitrogens with zero attached hydrogens (tertiary/aromatic N) is 1. The van der Waals surface area contributed by atoms with Crippen LogP contribution in [0.1, 0.15) is 57.4 Å². The third-order valence-electron chi connectivity index (χ3n) is 3.28. The van der Waals surface area contributed by atoms with Crippen LogP contribution in [-0.2, 0) is 4.84 Å². The second-order valence-electron chi connectivity index (χ2n) is 4.94. The molecule has 20 heavy (non-hydrogen) atoms. The summed E-state index contributed by atoms with van der Waals surface area (Å²) >= 11 is 0. The molecule has 0 atom stereocenters. The molecule has 0 unspecified atom stereocenters. The van der Waals surface area contributed by atoms with Crippen molar-refractivity contribution in [2.75, 3.05) is 7.11 Å². The Morgan fingerprint density at radius 3 is 2.40 bits per heavy atom. The molecule has 0 fully saturated rings. The van der Waals surface area contributed by atoms with E-state index in [4.69, 9.17) is 4.84 Å². The van der Waals surface area contributed by atoms with Crippen molar-refractivity contribution < 1.29 is 15.1 Å². The van der Waals surface area contributed by atoms with Crippen LogP contribution >= 0.6 is 0 Å². The molecule has 0 amide bonds. The van der Waals surface area contributed by atoms with E-state index in [1.165, 1.54) is 51.3 Å². The normalized spacial score (nSPS) is 11.6. The Morgan fingerprint density at radius 2 is 1.75 bits per heavy atom. The van der Waals surface area contributed by atoms with Crippen LogP contribution in [-0.4, -0.2) is 23.0 Å². The van der Waals surface area contributed by atoms with E-state index < -0.39 is 0 Å². The van der Waals surface area contributed by atoms with E-state index in [1.54, 1.807) is 6.07 Å². The Kier molecular flexibility index (Phi) is 7.55. The van der Waals surface area contributed by atoms with Gasteiger partial charge in [-0.05, 0) is 31.0 Å². The Hall–Kier alpha value is -1.71. The number of phenols is 2. The first kappa shape index (κ1) is 16.3. The van der Waals surface area contributed by atoms with Crippen molar-refractivity contribution in [1.29, 1.82) is 0 Å². The van der Waals surface area contributed by atoms with Gasteiger partial charge in [0.2, 0.25) is 0 Å². The SMILES string of the molecule is CCCCCCCC/C(=N/OC)c1ccc(O)c(O)c1. The fraction of sp³-hybridized carbons (Fsp3) is 0.562. The van der Waals surface area contributed by atoms with E-state index in [-0.39, 0.29) is 11.5 Å². The lowest BCUT2D eigenvalue weighted by Crippen LogP contribution is -2.02. The molecule has 0 saturated heterocycles. The molecule has 1 rings (SSSR count). The molecule has 0 aliphatic carbocycles. The maximum Gasteiger partial charge on any atom is 0.158 e. The number of benzene rings is 1. The van der Waals surface area contributed by atoms with Gasteiger partial charge in [-0.1, -0.05) is 44.2 Å². The van der Waals surface area contributed by atoms with Crippen LogP contribution in [0.4, 0.5) is 0 Å². The van der Waals surface area contributed by atoms with Gasteiger partial charge in [-0.2, -0.15) is 0 Å². The summed E-state index contributed by atoms with van der Waals surface area (Å²) < 4.78 is 0. The van der Waals surface area contributed by atoms with Crippen LogP contribution in [0.2, 0.25) is 0 Å². The highest BCUT2D eigenvalue weighted by Gasteiger charge is 2.08. The average molecular weight is 279 g/mol. The number of phenolic OH excluding ortho intramolecular Hbond substituents is 2. The summed E-state index contributed by atoms with van der Waals surface area (Å²) in [5.74, 6) is -0.251. The minimum absolute atomic E-state index is 0.120.